The molecule has 0 aliphatic carbocycles. The number of nitrogens with one attached hydrogen (secondary N) is 2. The van der Waals surface area contributed by atoms with Crippen LogP contribution in [0.15, 0.2) is 48.5 Å². The van der Waals surface area contributed by atoms with Gasteiger partial charge in [-0.15, -0.1) is 0 Å². The van der Waals surface area contributed by atoms with Gasteiger partial charge in [0, 0.05) is 24.3 Å². The topological polar surface area (TPSA) is 83.6 Å². The van der Waals surface area contributed by atoms with Gasteiger partial charge in [0.1, 0.15) is 6.04 Å². The monoisotopic (exact) mass is 452 g/mol. The predicted molar refractivity (Wildman–Crippen MR) is 128 cm³/mol. The van der Waals surface area contributed by atoms with Crippen molar-refractivity contribution in [2.75, 3.05) is 36.5 Å². The first-order valence-electron chi connectivity index (χ1n) is 10.9. The van der Waals surface area contributed by atoms with Crippen molar-refractivity contribution < 1.29 is 14.3 Å². The number of fused-ring (bicyclic) bond motifs is 1. The Morgan fingerprint density at radius 2 is 1.91 bits per heavy atom. The molecule has 0 bridgehead atoms. The minimum atomic E-state index is -0.631. The van der Waals surface area contributed by atoms with Crippen molar-refractivity contribution in [3.8, 4) is 0 Å². The molecule has 1 saturated heterocycles. The summed E-state index contributed by atoms with van der Waals surface area (Å²) in [5.74, 6) is -0.484. The lowest BCUT2D eigenvalue weighted by Gasteiger charge is -2.25. The molecule has 168 valence electrons. The van der Waals surface area contributed by atoms with Crippen LogP contribution in [0.4, 0.5) is 10.8 Å². The second-order valence-electron chi connectivity index (χ2n) is 7.97. The third-order valence-electron chi connectivity index (χ3n) is 5.74. The zero-order chi connectivity index (χ0) is 22.5. The molecule has 2 unspecified atom stereocenters. The van der Waals surface area contributed by atoms with Crippen molar-refractivity contribution in [2.45, 2.75) is 26.3 Å². The molecule has 32 heavy (non-hydrogen) atoms. The normalized spacial score (nSPS) is 15.9. The molecule has 1 aromatic heterocycles. The molecule has 8 heteroatoms. The number of rotatable bonds is 7. The Labute approximate surface area is 191 Å². The number of hydrogen-bond donors (Lipinski definition) is 2. The molecular formula is C24H28N4O3S. The molecule has 0 saturated carbocycles. The van der Waals surface area contributed by atoms with E-state index in [0.717, 1.165) is 34.9 Å². The van der Waals surface area contributed by atoms with E-state index in [0.29, 0.717) is 24.5 Å². The summed E-state index contributed by atoms with van der Waals surface area (Å²) in [6, 6.07) is 14.0. The van der Waals surface area contributed by atoms with Crippen LogP contribution in [-0.4, -0.2) is 49.1 Å². The average Bonchev–Trinajstić information content (AvgIpc) is 3.26. The first-order chi connectivity index (χ1) is 15.5. The number of morpholine rings is 1. The van der Waals surface area contributed by atoms with Crippen molar-refractivity contribution in [1.82, 2.24) is 10.3 Å². The largest absolute Gasteiger partial charge is 0.378 e. The number of thiazole rings is 1. The molecule has 4 rings (SSSR count). The number of anilines is 2. The van der Waals surface area contributed by atoms with Gasteiger partial charge in [-0.1, -0.05) is 49.8 Å². The van der Waals surface area contributed by atoms with E-state index >= 15 is 0 Å². The van der Waals surface area contributed by atoms with Crippen LogP contribution >= 0.6 is 11.3 Å². The first kappa shape index (κ1) is 22.2. The van der Waals surface area contributed by atoms with E-state index in [9.17, 15) is 9.59 Å². The van der Waals surface area contributed by atoms with Gasteiger partial charge in [0.15, 0.2) is 5.13 Å². The minimum Gasteiger partial charge on any atom is -0.378 e. The van der Waals surface area contributed by atoms with Gasteiger partial charge in [-0.25, -0.2) is 4.98 Å². The van der Waals surface area contributed by atoms with E-state index in [2.05, 4.69) is 15.5 Å². The van der Waals surface area contributed by atoms with Gasteiger partial charge in [-0.3, -0.25) is 9.59 Å². The van der Waals surface area contributed by atoms with E-state index in [1.54, 1.807) is 23.5 Å². The van der Waals surface area contributed by atoms with Crippen LogP contribution in [-0.2, 0) is 9.53 Å². The van der Waals surface area contributed by atoms with E-state index in [4.69, 9.17) is 9.72 Å². The van der Waals surface area contributed by atoms with Crippen molar-refractivity contribution in [1.29, 1.82) is 0 Å². The van der Waals surface area contributed by atoms with Gasteiger partial charge in [0.2, 0.25) is 5.91 Å². The Bertz CT molecular complexity index is 1080. The fourth-order valence-corrected chi connectivity index (χ4v) is 4.67. The highest BCUT2D eigenvalue weighted by atomic mass is 32.1. The maximum Gasteiger partial charge on any atom is 0.251 e. The summed E-state index contributed by atoms with van der Waals surface area (Å²) < 4.78 is 6.43. The third kappa shape index (κ3) is 5.08. The molecule has 1 fully saturated rings. The highest BCUT2D eigenvalue weighted by molar-refractivity contribution is 7.22. The minimum absolute atomic E-state index is 0.0114. The zero-order valence-corrected chi connectivity index (χ0v) is 19.2. The number of hydrogen-bond acceptors (Lipinski definition) is 6. The van der Waals surface area contributed by atoms with E-state index in [1.165, 1.54) is 0 Å². The maximum atomic E-state index is 13.1. The van der Waals surface area contributed by atoms with Crippen molar-refractivity contribution in [3.63, 3.8) is 0 Å². The lowest BCUT2D eigenvalue weighted by molar-refractivity contribution is -0.119. The smallest absolute Gasteiger partial charge is 0.251 e. The molecule has 1 aliphatic heterocycles. The first-order valence-corrected chi connectivity index (χ1v) is 11.8. The number of amides is 2. The third-order valence-corrected chi connectivity index (χ3v) is 6.82. The van der Waals surface area contributed by atoms with E-state index < -0.39 is 6.04 Å². The zero-order valence-electron chi connectivity index (χ0n) is 18.3. The second kappa shape index (κ2) is 10.1. The molecule has 7 nitrogen and oxygen atoms in total. The SMILES string of the molecule is CCC(C)C(NC(=O)c1ccccc1)C(=O)Nc1ccc2nc(N3CCOCC3)sc2c1. The molecule has 3 aromatic rings. The summed E-state index contributed by atoms with van der Waals surface area (Å²) in [5.41, 5.74) is 2.14. The van der Waals surface area contributed by atoms with Crippen LogP contribution in [0.1, 0.15) is 30.6 Å². The van der Waals surface area contributed by atoms with Crippen LogP contribution in [0.2, 0.25) is 0 Å². The number of ether oxygens (including phenoxy) is 1. The van der Waals surface area contributed by atoms with Gasteiger partial charge in [-0.05, 0) is 36.2 Å². The number of carbonyl (C=O) groups excluding carboxylic acids is 2. The Morgan fingerprint density at radius 1 is 1.16 bits per heavy atom. The standard InChI is InChI=1S/C24H28N4O3S/c1-3-16(2)21(27-22(29)17-7-5-4-6-8-17)23(30)25-18-9-10-19-20(15-18)32-24(26-19)28-11-13-31-14-12-28/h4-10,15-16,21H,3,11-14H2,1-2H3,(H,25,30)(H,27,29). The number of aromatic nitrogens is 1. The second-order valence-corrected chi connectivity index (χ2v) is 8.98. The maximum absolute atomic E-state index is 13.1. The molecule has 1 aliphatic rings. The Morgan fingerprint density at radius 3 is 2.62 bits per heavy atom. The molecular weight excluding hydrogens is 424 g/mol. The number of nitrogens with zero attached hydrogens (tertiary/aromatic N) is 2. The molecule has 2 N–H and O–H groups in total. The molecule has 0 spiro atoms. The van der Waals surface area contributed by atoms with Crippen LogP contribution in [0.5, 0.6) is 0 Å². The Balaban J connectivity index is 1.48. The molecule has 2 aromatic carbocycles. The average molecular weight is 453 g/mol. The summed E-state index contributed by atoms with van der Waals surface area (Å²) in [5, 5.41) is 6.87. The van der Waals surface area contributed by atoms with Crippen LogP contribution in [0.25, 0.3) is 10.2 Å². The summed E-state index contributed by atoms with van der Waals surface area (Å²) in [4.78, 5) is 32.7. The summed E-state index contributed by atoms with van der Waals surface area (Å²) in [6.45, 7) is 7.07. The Hall–Kier alpha value is -2.97. The Kier molecular flexibility index (Phi) is 7.02. The predicted octanol–water partition coefficient (Wildman–Crippen LogP) is 3.92. The van der Waals surface area contributed by atoms with Gasteiger partial charge < -0.3 is 20.3 Å². The van der Waals surface area contributed by atoms with E-state index in [1.807, 2.05) is 50.2 Å². The van der Waals surface area contributed by atoms with Crippen molar-refractivity contribution >= 4 is 44.2 Å². The lowest BCUT2D eigenvalue weighted by Crippen LogP contribution is -2.47. The fraction of sp³-hybridized carbons (Fsp3) is 0.375. The summed E-state index contributed by atoms with van der Waals surface area (Å²) in [7, 11) is 0. The van der Waals surface area contributed by atoms with Crippen molar-refractivity contribution in [3.05, 3.63) is 54.1 Å². The van der Waals surface area contributed by atoms with Crippen LogP contribution in [0.3, 0.4) is 0 Å². The number of benzene rings is 2. The van der Waals surface area contributed by atoms with Crippen LogP contribution in [0, 0.1) is 5.92 Å². The van der Waals surface area contributed by atoms with Gasteiger partial charge >= 0.3 is 0 Å². The van der Waals surface area contributed by atoms with E-state index in [-0.39, 0.29) is 17.7 Å². The molecule has 2 heterocycles. The molecule has 0 radical (unpaired) electrons. The van der Waals surface area contributed by atoms with Gasteiger partial charge in [0.05, 0.1) is 23.4 Å². The summed E-state index contributed by atoms with van der Waals surface area (Å²) >= 11 is 1.61. The van der Waals surface area contributed by atoms with Crippen LogP contribution < -0.4 is 15.5 Å². The fourth-order valence-electron chi connectivity index (χ4n) is 3.62. The summed E-state index contributed by atoms with van der Waals surface area (Å²) in [6.07, 6.45) is 0.768. The molecule has 2 amide bonds. The number of carbonyl (C=O) groups is 2. The van der Waals surface area contributed by atoms with Gasteiger partial charge in [0.25, 0.3) is 5.91 Å². The highest BCUT2D eigenvalue weighted by Gasteiger charge is 2.26. The molecule has 2 atom stereocenters. The van der Waals surface area contributed by atoms with Gasteiger partial charge in [-0.2, -0.15) is 0 Å². The quantitative estimate of drug-likeness (QED) is 0.568. The van der Waals surface area contributed by atoms with Crippen molar-refractivity contribution in [2.24, 2.45) is 5.92 Å². The highest BCUT2D eigenvalue weighted by Crippen LogP contribution is 2.31. The lowest BCUT2D eigenvalue weighted by atomic mass is 9.97.